The lowest BCUT2D eigenvalue weighted by atomic mass is 10.00. The molecule has 4 heteroatoms. The minimum atomic E-state index is -0.319. The van der Waals surface area contributed by atoms with Gasteiger partial charge < -0.3 is 5.73 Å². The Morgan fingerprint density at radius 2 is 1.70 bits per heavy atom. The van der Waals surface area contributed by atoms with Gasteiger partial charge in [0.2, 0.25) is 5.28 Å². The number of nitrogens with two attached hydrogens (primary N) is 1. The number of halogens is 1. The number of hydrogen-bond donors (Lipinski definition) is 1. The zero-order chi connectivity index (χ0) is 14.1. The summed E-state index contributed by atoms with van der Waals surface area (Å²) in [5, 5.41) is 1.16. The Bertz CT molecular complexity index is 753. The van der Waals surface area contributed by atoms with Crippen molar-refractivity contribution in [2.45, 2.75) is 13.0 Å². The van der Waals surface area contributed by atoms with Gasteiger partial charge >= 0.3 is 0 Å². The van der Waals surface area contributed by atoms with Gasteiger partial charge in [-0.2, -0.15) is 0 Å². The van der Waals surface area contributed by atoms with E-state index in [1.165, 1.54) is 5.56 Å². The SMILES string of the molecule is Cc1ccc(C(N)c2nc(Cl)nc3ccccc23)cc1. The number of aryl methyl sites for hydroxylation is 1. The molecule has 1 atom stereocenters. The first-order chi connectivity index (χ1) is 9.65. The molecule has 0 spiro atoms. The highest BCUT2D eigenvalue weighted by Gasteiger charge is 2.15. The highest BCUT2D eigenvalue weighted by Crippen LogP contribution is 2.26. The third kappa shape index (κ3) is 2.38. The second-order valence-corrected chi connectivity index (χ2v) is 5.12. The van der Waals surface area contributed by atoms with Crippen LogP contribution in [0.1, 0.15) is 22.9 Å². The Labute approximate surface area is 122 Å². The van der Waals surface area contributed by atoms with Gasteiger partial charge in [0.25, 0.3) is 0 Å². The number of benzene rings is 2. The molecule has 1 unspecified atom stereocenters. The molecule has 3 nitrogen and oxygen atoms in total. The van der Waals surface area contributed by atoms with Crippen LogP contribution in [0.4, 0.5) is 0 Å². The molecule has 0 saturated heterocycles. The van der Waals surface area contributed by atoms with Crippen LogP contribution in [0.2, 0.25) is 5.28 Å². The van der Waals surface area contributed by atoms with E-state index in [1.807, 2.05) is 55.5 Å². The van der Waals surface area contributed by atoms with E-state index < -0.39 is 0 Å². The van der Waals surface area contributed by atoms with Gasteiger partial charge in [0.05, 0.1) is 17.3 Å². The third-order valence-electron chi connectivity index (χ3n) is 3.34. The molecule has 0 amide bonds. The van der Waals surface area contributed by atoms with Crippen molar-refractivity contribution in [3.05, 3.63) is 70.6 Å². The molecule has 0 aliphatic rings. The van der Waals surface area contributed by atoms with Crippen LogP contribution in [0.15, 0.2) is 48.5 Å². The van der Waals surface area contributed by atoms with E-state index in [-0.39, 0.29) is 11.3 Å². The van der Waals surface area contributed by atoms with Crippen LogP contribution in [0.25, 0.3) is 10.9 Å². The van der Waals surface area contributed by atoms with Gasteiger partial charge in [-0.15, -0.1) is 0 Å². The molecule has 0 aliphatic heterocycles. The van der Waals surface area contributed by atoms with Crippen molar-refractivity contribution in [1.29, 1.82) is 0 Å². The minimum absolute atomic E-state index is 0.223. The zero-order valence-corrected chi connectivity index (χ0v) is 11.8. The fraction of sp³-hybridized carbons (Fsp3) is 0.125. The molecule has 0 fully saturated rings. The molecular formula is C16H14ClN3. The number of fused-ring (bicyclic) bond motifs is 1. The van der Waals surface area contributed by atoms with E-state index in [2.05, 4.69) is 9.97 Å². The summed E-state index contributed by atoms with van der Waals surface area (Å²) < 4.78 is 0. The van der Waals surface area contributed by atoms with Crippen LogP contribution in [0.3, 0.4) is 0 Å². The van der Waals surface area contributed by atoms with Crippen LogP contribution in [0, 0.1) is 6.92 Å². The van der Waals surface area contributed by atoms with Gasteiger partial charge in [0, 0.05) is 5.39 Å². The summed E-state index contributed by atoms with van der Waals surface area (Å²) in [5.41, 5.74) is 10.1. The monoisotopic (exact) mass is 283 g/mol. The molecule has 0 aliphatic carbocycles. The quantitative estimate of drug-likeness (QED) is 0.731. The Hall–Kier alpha value is -1.97. The van der Waals surface area contributed by atoms with Crippen molar-refractivity contribution in [2.24, 2.45) is 5.73 Å². The van der Waals surface area contributed by atoms with Crippen molar-refractivity contribution in [2.75, 3.05) is 0 Å². The minimum Gasteiger partial charge on any atom is -0.319 e. The van der Waals surface area contributed by atoms with Gasteiger partial charge in [-0.05, 0) is 30.2 Å². The number of nitrogens with zero attached hydrogens (tertiary/aromatic N) is 2. The lowest BCUT2D eigenvalue weighted by Gasteiger charge is -2.14. The van der Waals surface area contributed by atoms with Crippen LogP contribution < -0.4 is 5.73 Å². The lowest BCUT2D eigenvalue weighted by Crippen LogP contribution is -2.14. The van der Waals surface area contributed by atoms with Crippen molar-refractivity contribution < 1.29 is 0 Å². The molecular weight excluding hydrogens is 270 g/mol. The largest absolute Gasteiger partial charge is 0.319 e. The molecule has 0 saturated carbocycles. The fourth-order valence-electron chi connectivity index (χ4n) is 2.24. The van der Waals surface area contributed by atoms with E-state index in [9.17, 15) is 0 Å². The van der Waals surface area contributed by atoms with Crippen LogP contribution in [0.5, 0.6) is 0 Å². The topological polar surface area (TPSA) is 51.8 Å². The summed E-state index contributed by atoms with van der Waals surface area (Å²) >= 11 is 6.00. The first-order valence-corrected chi connectivity index (χ1v) is 6.77. The Morgan fingerprint density at radius 3 is 2.45 bits per heavy atom. The highest BCUT2D eigenvalue weighted by atomic mass is 35.5. The van der Waals surface area contributed by atoms with Gasteiger partial charge in [0.15, 0.2) is 0 Å². The number of para-hydroxylation sites is 1. The average Bonchev–Trinajstić information content (AvgIpc) is 2.46. The number of aromatic nitrogens is 2. The molecule has 3 aromatic rings. The summed E-state index contributed by atoms with van der Waals surface area (Å²) in [7, 11) is 0. The maximum absolute atomic E-state index is 6.35. The van der Waals surface area contributed by atoms with Crippen molar-refractivity contribution >= 4 is 22.5 Å². The van der Waals surface area contributed by atoms with Crippen molar-refractivity contribution in [1.82, 2.24) is 9.97 Å². The van der Waals surface area contributed by atoms with E-state index in [0.717, 1.165) is 22.2 Å². The highest BCUT2D eigenvalue weighted by molar-refractivity contribution is 6.28. The standard InChI is InChI=1S/C16H14ClN3/c1-10-6-8-11(9-7-10)14(18)15-12-4-2-3-5-13(12)19-16(17)20-15/h2-9,14H,18H2,1H3. The summed E-state index contributed by atoms with van der Waals surface area (Å²) in [6.45, 7) is 2.05. The summed E-state index contributed by atoms with van der Waals surface area (Å²) in [6, 6.07) is 15.6. The van der Waals surface area contributed by atoms with Gasteiger partial charge in [-0.3, -0.25) is 0 Å². The Morgan fingerprint density at radius 1 is 1.00 bits per heavy atom. The van der Waals surface area contributed by atoms with Crippen molar-refractivity contribution in [3.8, 4) is 0 Å². The second-order valence-electron chi connectivity index (χ2n) is 4.78. The van der Waals surface area contributed by atoms with Crippen LogP contribution in [-0.2, 0) is 0 Å². The van der Waals surface area contributed by atoms with Crippen LogP contribution in [-0.4, -0.2) is 9.97 Å². The first kappa shape index (κ1) is 13.0. The second kappa shape index (κ2) is 5.19. The lowest BCUT2D eigenvalue weighted by molar-refractivity contribution is 0.834. The summed E-state index contributed by atoms with van der Waals surface area (Å²) in [4.78, 5) is 8.55. The molecule has 1 aromatic heterocycles. The number of hydrogen-bond acceptors (Lipinski definition) is 3. The predicted octanol–water partition coefficient (Wildman–Crippen LogP) is 3.64. The van der Waals surface area contributed by atoms with Gasteiger partial charge in [-0.1, -0.05) is 48.0 Å². The van der Waals surface area contributed by atoms with E-state index in [4.69, 9.17) is 17.3 Å². The predicted molar refractivity (Wildman–Crippen MR) is 81.8 cm³/mol. The van der Waals surface area contributed by atoms with E-state index in [1.54, 1.807) is 0 Å². The summed E-state index contributed by atoms with van der Waals surface area (Å²) in [5.74, 6) is 0. The maximum atomic E-state index is 6.35. The van der Waals surface area contributed by atoms with E-state index >= 15 is 0 Å². The Balaban J connectivity index is 2.15. The molecule has 0 radical (unpaired) electrons. The average molecular weight is 284 g/mol. The van der Waals surface area contributed by atoms with Crippen LogP contribution >= 0.6 is 11.6 Å². The zero-order valence-electron chi connectivity index (χ0n) is 11.0. The fourth-order valence-corrected chi connectivity index (χ4v) is 2.42. The molecule has 1 heterocycles. The van der Waals surface area contributed by atoms with E-state index in [0.29, 0.717) is 0 Å². The van der Waals surface area contributed by atoms with Crippen molar-refractivity contribution in [3.63, 3.8) is 0 Å². The molecule has 2 aromatic carbocycles. The Kier molecular flexibility index (Phi) is 3.38. The number of rotatable bonds is 2. The normalized spacial score (nSPS) is 12.6. The first-order valence-electron chi connectivity index (χ1n) is 6.39. The molecule has 0 bridgehead atoms. The molecule has 2 N–H and O–H groups in total. The smallest absolute Gasteiger partial charge is 0.223 e. The molecule has 3 rings (SSSR count). The van der Waals surface area contributed by atoms with Gasteiger partial charge in [0.1, 0.15) is 0 Å². The molecule has 100 valence electrons. The van der Waals surface area contributed by atoms with Gasteiger partial charge in [-0.25, -0.2) is 9.97 Å². The summed E-state index contributed by atoms with van der Waals surface area (Å²) in [6.07, 6.45) is 0. The molecule has 20 heavy (non-hydrogen) atoms. The maximum Gasteiger partial charge on any atom is 0.223 e. The third-order valence-corrected chi connectivity index (χ3v) is 3.51.